The van der Waals surface area contributed by atoms with Crippen molar-refractivity contribution in [3.05, 3.63) is 47.0 Å². The summed E-state index contributed by atoms with van der Waals surface area (Å²) in [5, 5.41) is 0. The van der Waals surface area contributed by atoms with E-state index >= 15 is 0 Å². The van der Waals surface area contributed by atoms with Crippen molar-refractivity contribution in [2.24, 2.45) is 0 Å². The molecule has 1 N–H and O–H groups in total. The summed E-state index contributed by atoms with van der Waals surface area (Å²) in [6.07, 6.45) is 7.49. The smallest absolute Gasteiger partial charge is 0.113 e. The van der Waals surface area contributed by atoms with Gasteiger partial charge in [0.2, 0.25) is 0 Å². The lowest BCUT2D eigenvalue weighted by Gasteiger charge is -2.25. The first-order chi connectivity index (χ1) is 8.34. The van der Waals surface area contributed by atoms with Crippen LogP contribution in [0.2, 0.25) is 0 Å². The summed E-state index contributed by atoms with van der Waals surface area (Å²) in [7, 11) is 0. The average Bonchev–Trinajstić information content (AvgIpc) is 2.29. The molecule has 3 heteroatoms. The van der Waals surface area contributed by atoms with Crippen LogP contribution in [0.4, 0.5) is 0 Å². The van der Waals surface area contributed by atoms with Crippen molar-refractivity contribution in [1.82, 2.24) is 9.97 Å². The van der Waals surface area contributed by atoms with Gasteiger partial charge in [-0.15, -0.1) is 0 Å². The Bertz CT molecular complexity index is 567. The van der Waals surface area contributed by atoms with Crippen LogP contribution >= 0.6 is 12.2 Å². The fraction of sp³-hybridized carbons (Fsp3) is 0.286. The molecular weight excluding hydrogens is 228 g/mol. The van der Waals surface area contributed by atoms with Gasteiger partial charge in [-0.1, -0.05) is 42.9 Å². The number of H-pyrrole nitrogens is 1. The first-order valence-corrected chi connectivity index (χ1v) is 6.38. The van der Waals surface area contributed by atoms with Crippen molar-refractivity contribution in [3.63, 3.8) is 0 Å². The first kappa shape index (κ1) is 10.7. The lowest BCUT2D eigenvalue weighted by Crippen LogP contribution is -2.08. The van der Waals surface area contributed by atoms with E-state index in [1.807, 2.05) is 6.20 Å². The van der Waals surface area contributed by atoms with Gasteiger partial charge in [0.25, 0.3) is 0 Å². The van der Waals surface area contributed by atoms with Gasteiger partial charge in [0.1, 0.15) is 4.64 Å². The van der Waals surface area contributed by atoms with Crippen molar-refractivity contribution in [2.75, 3.05) is 0 Å². The number of nitrogens with zero attached hydrogens (tertiary/aromatic N) is 1. The molecule has 2 nitrogen and oxygen atoms in total. The van der Waals surface area contributed by atoms with Crippen LogP contribution in [-0.2, 0) is 0 Å². The van der Waals surface area contributed by atoms with Gasteiger partial charge < -0.3 is 4.98 Å². The van der Waals surface area contributed by atoms with E-state index in [0.717, 1.165) is 21.7 Å². The summed E-state index contributed by atoms with van der Waals surface area (Å²) in [6, 6.07) is 8.74. The lowest BCUT2D eigenvalue weighted by atomic mass is 9.80. The zero-order chi connectivity index (χ0) is 11.7. The number of hydrogen-bond donors (Lipinski definition) is 1. The van der Waals surface area contributed by atoms with Crippen LogP contribution in [0.5, 0.6) is 0 Å². The average molecular weight is 242 g/mol. The lowest BCUT2D eigenvalue weighted by molar-refractivity contribution is 0.420. The Hall–Kier alpha value is -1.48. The summed E-state index contributed by atoms with van der Waals surface area (Å²) in [5.41, 5.74) is 3.60. The van der Waals surface area contributed by atoms with Gasteiger partial charge in [0, 0.05) is 11.8 Å². The third-order valence-corrected chi connectivity index (χ3v) is 3.85. The van der Waals surface area contributed by atoms with Gasteiger partial charge in [0.05, 0.1) is 6.33 Å². The second-order valence-electron chi connectivity index (χ2n) is 4.54. The predicted molar refractivity (Wildman–Crippen MR) is 71.4 cm³/mol. The number of nitrogens with one attached hydrogen (secondary N) is 1. The van der Waals surface area contributed by atoms with Crippen molar-refractivity contribution in [2.45, 2.75) is 25.2 Å². The van der Waals surface area contributed by atoms with E-state index in [2.05, 4.69) is 34.2 Å². The van der Waals surface area contributed by atoms with Crippen molar-refractivity contribution >= 4 is 12.2 Å². The maximum atomic E-state index is 5.26. The third kappa shape index (κ3) is 2.03. The largest absolute Gasteiger partial charge is 0.337 e. The summed E-state index contributed by atoms with van der Waals surface area (Å²) in [5.74, 6) is 0.785. The van der Waals surface area contributed by atoms with Crippen LogP contribution < -0.4 is 0 Å². The highest BCUT2D eigenvalue weighted by Crippen LogP contribution is 2.36. The van der Waals surface area contributed by atoms with E-state index < -0.39 is 0 Å². The topological polar surface area (TPSA) is 28.7 Å². The fourth-order valence-corrected chi connectivity index (χ4v) is 2.45. The molecule has 2 aromatic rings. The molecule has 0 spiro atoms. The molecular formula is C14H14N2S. The highest BCUT2D eigenvalue weighted by molar-refractivity contribution is 7.71. The SMILES string of the molecule is S=c1[nH]cncc1-c1ccc(C2CCC2)cc1. The number of benzene rings is 1. The molecule has 1 saturated carbocycles. The summed E-state index contributed by atoms with van der Waals surface area (Å²) in [6.45, 7) is 0. The normalized spacial score (nSPS) is 15.5. The van der Waals surface area contributed by atoms with Gasteiger partial charge >= 0.3 is 0 Å². The Morgan fingerprint density at radius 1 is 1.18 bits per heavy atom. The molecule has 0 saturated heterocycles. The quantitative estimate of drug-likeness (QED) is 0.804. The summed E-state index contributed by atoms with van der Waals surface area (Å²) >= 11 is 5.26. The Morgan fingerprint density at radius 2 is 1.94 bits per heavy atom. The van der Waals surface area contributed by atoms with E-state index in [0.29, 0.717) is 0 Å². The molecule has 0 radical (unpaired) electrons. The number of aromatic nitrogens is 2. The van der Waals surface area contributed by atoms with E-state index in [4.69, 9.17) is 12.2 Å². The van der Waals surface area contributed by atoms with Gasteiger partial charge in [0.15, 0.2) is 0 Å². The minimum absolute atomic E-state index is 0.747. The maximum absolute atomic E-state index is 5.26. The van der Waals surface area contributed by atoms with Gasteiger partial charge in [-0.2, -0.15) is 0 Å². The Balaban J connectivity index is 1.94. The molecule has 0 bridgehead atoms. The Morgan fingerprint density at radius 3 is 2.53 bits per heavy atom. The monoisotopic (exact) mass is 242 g/mol. The van der Waals surface area contributed by atoms with Crippen LogP contribution in [0.15, 0.2) is 36.8 Å². The molecule has 1 heterocycles. The number of aromatic amines is 1. The maximum Gasteiger partial charge on any atom is 0.113 e. The molecule has 0 aliphatic heterocycles. The van der Waals surface area contributed by atoms with Crippen LogP contribution in [-0.4, -0.2) is 9.97 Å². The molecule has 0 unspecified atom stereocenters. The molecule has 17 heavy (non-hydrogen) atoms. The molecule has 3 rings (SSSR count). The molecule has 0 amide bonds. The first-order valence-electron chi connectivity index (χ1n) is 5.97. The summed E-state index contributed by atoms with van der Waals surface area (Å²) in [4.78, 5) is 7.05. The van der Waals surface area contributed by atoms with Crippen LogP contribution in [0.3, 0.4) is 0 Å². The van der Waals surface area contributed by atoms with E-state index in [-0.39, 0.29) is 0 Å². The highest BCUT2D eigenvalue weighted by Gasteiger charge is 2.18. The minimum atomic E-state index is 0.747. The van der Waals surface area contributed by atoms with Gasteiger partial charge in [-0.05, 0) is 29.9 Å². The third-order valence-electron chi connectivity index (χ3n) is 3.52. The zero-order valence-corrected chi connectivity index (χ0v) is 10.3. The Kier molecular flexibility index (Phi) is 2.77. The van der Waals surface area contributed by atoms with Crippen LogP contribution in [0.1, 0.15) is 30.7 Å². The van der Waals surface area contributed by atoms with Crippen LogP contribution in [0, 0.1) is 4.64 Å². The van der Waals surface area contributed by atoms with Crippen LogP contribution in [0.25, 0.3) is 11.1 Å². The van der Waals surface area contributed by atoms with Crippen molar-refractivity contribution in [1.29, 1.82) is 0 Å². The molecule has 0 atom stereocenters. The summed E-state index contributed by atoms with van der Waals surface area (Å²) < 4.78 is 0.747. The number of rotatable bonds is 2. The van der Waals surface area contributed by atoms with E-state index in [9.17, 15) is 0 Å². The zero-order valence-electron chi connectivity index (χ0n) is 9.52. The molecule has 1 fully saturated rings. The minimum Gasteiger partial charge on any atom is -0.337 e. The second-order valence-corrected chi connectivity index (χ2v) is 4.95. The molecule has 1 aliphatic rings. The van der Waals surface area contributed by atoms with Crippen molar-refractivity contribution < 1.29 is 0 Å². The van der Waals surface area contributed by atoms with Gasteiger partial charge in [-0.3, -0.25) is 0 Å². The Labute approximate surface area is 106 Å². The standard InChI is InChI=1S/C14H14N2S/c17-14-13(8-15-9-16-14)12-6-4-11(5-7-12)10-2-1-3-10/h4-10H,1-3H2,(H,15,16,17). The molecule has 1 aliphatic carbocycles. The fourth-order valence-electron chi connectivity index (χ4n) is 2.23. The van der Waals surface area contributed by atoms with Crippen molar-refractivity contribution in [3.8, 4) is 11.1 Å². The highest BCUT2D eigenvalue weighted by atomic mass is 32.1. The second kappa shape index (κ2) is 4.41. The van der Waals surface area contributed by atoms with E-state index in [1.165, 1.54) is 24.8 Å². The number of hydrogen-bond acceptors (Lipinski definition) is 2. The molecule has 1 aromatic carbocycles. The molecule has 1 aromatic heterocycles. The predicted octanol–water partition coefficient (Wildman–Crippen LogP) is 4.07. The molecule has 86 valence electrons. The van der Waals surface area contributed by atoms with E-state index in [1.54, 1.807) is 6.33 Å². The van der Waals surface area contributed by atoms with Gasteiger partial charge in [-0.25, -0.2) is 4.98 Å².